The fraction of sp³-hybridized carbons (Fsp3) is 0.119. The standard InChI is InChI=1S/C59H46BN2O4/c1-5-59(4,63)58(2,3)66-60-43-31-41(46-16-8-6-14-44(46)39-22-26-52(61-35-39)37-24-28-56-50(33-37)48-18-10-12-20-54(48)64-56)30-42(32-43)47-17-9-7-15-45(47)40-23-27-53(62-36-40)38-25-29-57-51(34-38)49-19-11-13-21-55(49)65-57/h6-36,63H,5H2,1-4H3. The molecule has 1 unspecified atom stereocenters. The zero-order valence-electron chi connectivity index (χ0n) is 37.2. The molecule has 11 rings (SSSR count). The van der Waals surface area contributed by atoms with Crippen molar-refractivity contribution >= 4 is 56.8 Å². The molecule has 6 nitrogen and oxygen atoms in total. The summed E-state index contributed by atoms with van der Waals surface area (Å²) in [5.74, 6) is 0. The van der Waals surface area contributed by atoms with Crippen LogP contribution in [-0.4, -0.2) is 33.8 Å². The summed E-state index contributed by atoms with van der Waals surface area (Å²) in [5, 5.41) is 15.6. The minimum Gasteiger partial charge on any atom is -0.456 e. The highest BCUT2D eigenvalue weighted by Crippen LogP contribution is 2.39. The van der Waals surface area contributed by atoms with E-state index in [4.69, 9.17) is 23.5 Å². The third kappa shape index (κ3) is 7.46. The second-order valence-corrected chi connectivity index (χ2v) is 17.8. The van der Waals surface area contributed by atoms with Crippen molar-refractivity contribution in [3.63, 3.8) is 0 Å². The molecule has 0 bridgehead atoms. The summed E-state index contributed by atoms with van der Waals surface area (Å²) in [6.07, 6.45) is 4.47. The van der Waals surface area contributed by atoms with Gasteiger partial charge in [-0.25, -0.2) is 0 Å². The van der Waals surface area contributed by atoms with Crippen molar-refractivity contribution in [3.05, 3.63) is 188 Å². The summed E-state index contributed by atoms with van der Waals surface area (Å²) >= 11 is 0. The van der Waals surface area contributed by atoms with Crippen LogP contribution in [-0.2, 0) is 4.65 Å². The molecule has 319 valence electrons. The Morgan fingerprint density at radius 1 is 0.455 bits per heavy atom. The number of hydrogen-bond donors (Lipinski definition) is 1. The average molecular weight is 858 g/mol. The Labute approximate surface area is 384 Å². The number of hydrogen-bond acceptors (Lipinski definition) is 6. The lowest BCUT2D eigenvalue weighted by Crippen LogP contribution is -2.51. The number of fused-ring (bicyclic) bond motifs is 6. The summed E-state index contributed by atoms with van der Waals surface area (Å²) in [7, 11) is 1.79. The Bertz CT molecular complexity index is 3370. The van der Waals surface area contributed by atoms with Crippen LogP contribution in [0.15, 0.2) is 197 Å². The van der Waals surface area contributed by atoms with Crippen molar-refractivity contribution in [2.45, 2.75) is 45.3 Å². The molecular formula is C59H46BN2O4. The molecule has 0 saturated heterocycles. The maximum absolute atomic E-state index is 11.3. The molecule has 4 aromatic heterocycles. The van der Waals surface area contributed by atoms with Gasteiger partial charge in [-0.15, -0.1) is 0 Å². The molecule has 7 aromatic carbocycles. The van der Waals surface area contributed by atoms with Gasteiger partial charge in [0.2, 0.25) is 0 Å². The molecule has 66 heavy (non-hydrogen) atoms. The van der Waals surface area contributed by atoms with Crippen LogP contribution in [0.2, 0.25) is 0 Å². The summed E-state index contributed by atoms with van der Waals surface area (Å²) < 4.78 is 18.7. The van der Waals surface area contributed by atoms with Gasteiger partial charge in [0.15, 0.2) is 0 Å². The predicted molar refractivity (Wildman–Crippen MR) is 271 cm³/mol. The second-order valence-electron chi connectivity index (χ2n) is 17.8. The number of rotatable bonds is 11. The summed E-state index contributed by atoms with van der Waals surface area (Å²) in [4.78, 5) is 10.0. The first-order valence-electron chi connectivity index (χ1n) is 22.5. The predicted octanol–water partition coefficient (Wildman–Crippen LogP) is 14.5. The first-order valence-corrected chi connectivity index (χ1v) is 22.5. The number of para-hydroxylation sites is 2. The molecule has 1 atom stereocenters. The highest BCUT2D eigenvalue weighted by Gasteiger charge is 2.38. The van der Waals surface area contributed by atoms with Crippen molar-refractivity contribution < 1.29 is 18.6 Å². The molecule has 0 aliphatic rings. The molecule has 0 saturated carbocycles. The van der Waals surface area contributed by atoms with E-state index in [1.807, 2.05) is 88.6 Å². The molecule has 7 heteroatoms. The third-order valence-corrected chi connectivity index (χ3v) is 13.4. The lowest BCUT2D eigenvalue weighted by Gasteiger charge is -2.39. The SMILES string of the molecule is CCC(C)(O)C(C)(C)O[B]c1cc(-c2ccccc2-c2ccc(-c3ccc4oc5ccccc5c4c3)nc2)cc(-c2ccccc2-c2ccc(-c3ccc4oc5ccccc5c4c3)nc2)c1. The van der Waals surface area contributed by atoms with Gasteiger partial charge in [0.1, 0.15) is 22.3 Å². The highest BCUT2D eigenvalue weighted by molar-refractivity contribution is 6.47. The van der Waals surface area contributed by atoms with Gasteiger partial charge in [0, 0.05) is 56.2 Å². The van der Waals surface area contributed by atoms with Crippen molar-refractivity contribution in [2.24, 2.45) is 0 Å². The second kappa shape index (κ2) is 16.4. The summed E-state index contributed by atoms with van der Waals surface area (Å²) in [6.45, 7) is 7.66. The van der Waals surface area contributed by atoms with E-state index >= 15 is 0 Å². The maximum Gasteiger partial charge on any atom is 0.330 e. The van der Waals surface area contributed by atoms with E-state index in [0.717, 1.165) is 116 Å². The van der Waals surface area contributed by atoms with Crippen LogP contribution in [0.25, 0.3) is 111 Å². The molecule has 1 radical (unpaired) electrons. The number of aliphatic hydroxyl groups is 1. The number of benzene rings is 7. The Kier molecular flexibility index (Phi) is 10.3. The minimum atomic E-state index is -1.04. The van der Waals surface area contributed by atoms with E-state index < -0.39 is 11.2 Å². The Morgan fingerprint density at radius 2 is 0.864 bits per heavy atom. The first kappa shape index (κ1) is 41.2. The zero-order chi connectivity index (χ0) is 45.0. The summed E-state index contributed by atoms with van der Waals surface area (Å²) in [6, 6.07) is 60.7. The quantitative estimate of drug-likeness (QED) is 0.131. The van der Waals surface area contributed by atoms with Crippen LogP contribution >= 0.6 is 0 Å². The van der Waals surface area contributed by atoms with Crippen LogP contribution < -0.4 is 5.46 Å². The molecule has 0 spiro atoms. The van der Waals surface area contributed by atoms with Crippen molar-refractivity contribution in [3.8, 4) is 67.0 Å². The monoisotopic (exact) mass is 857 g/mol. The number of nitrogens with zero attached hydrogens (tertiary/aromatic N) is 2. The molecule has 1 N–H and O–H groups in total. The van der Waals surface area contributed by atoms with E-state index in [1.165, 1.54) is 0 Å². The fourth-order valence-corrected chi connectivity index (χ4v) is 8.99. The van der Waals surface area contributed by atoms with Crippen LogP contribution in [0.4, 0.5) is 0 Å². The van der Waals surface area contributed by atoms with Gasteiger partial charge in [-0.1, -0.05) is 122 Å². The minimum absolute atomic E-state index is 0.545. The fourth-order valence-electron chi connectivity index (χ4n) is 8.99. The molecular weight excluding hydrogens is 811 g/mol. The lowest BCUT2D eigenvalue weighted by atomic mass is 9.78. The van der Waals surface area contributed by atoms with Crippen LogP contribution in [0, 0.1) is 0 Å². The van der Waals surface area contributed by atoms with Gasteiger partial charge < -0.3 is 18.6 Å². The normalized spacial score (nSPS) is 12.9. The van der Waals surface area contributed by atoms with Gasteiger partial charge in [-0.3, -0.25) is 9.97 Å². The van der Waals surface area contributed by atoms with E-state index in [2.05, 4.69) is 127 Å². The van der Waals surface area contributed by atoms with Crippen molar-refractivity contribution in [1.82, 2.24) is 9.97 Å². The maximum atomic E-state index is 11.3. The third-order valence-electron chi connectivity index (χ3n) is 13.4. The molecule has 0 aliphatic carbocycles. The Balaban J connectivity index is 0.962. The molecule has 0 aliphatic heterocycles. The molecule has 0 fully saturated rings. The van der Waals surface area contributed by atoms with Gasteiger partial charge in [-0.05, 0) is 127 Å². The van der Waals surface area contributed by atoms with Crippen molar-refractivity contribution in [2.75, 3.05) is 0 Å². The van der Waals surface area contributed by atoms with E-state index in [9.17, 15) is 5.11 Å². The molecule has 4 heterocycles. The van der Waals surface area contributed by atoms with E-state index in [1.54, 1.807) is 7.48 Å². The average Bonchev–Trinajstić information content (AvgIpc) is 3.93. The number of aromatic nitrogens is 2. The lowest BCUT2D eigenvalue weighted by molar-refractivity contribution is -0.104. The largest absolute Gasteiger partial charge is 0.456 e. The Hall–Kier alpha value is -7.58. The van der Waals surface area contributed by atoms with Crippen LogP contribution in [0.3, 0.4) is 0 Å². The first-order chi connectivity index (χ1) is 32.1. The number of pyridine rings is 2. The van der Waals surface area contributed by atoms with E-state index in [0.29, 0.717) is 6.42 Å². The highest BCUT2D eigenvalue weighted by atomic mass is 16.5. The van der Waals surface area contributed by atoms with Gasteiger partial charge in [-0.2, -0.15) is 0 Å². The summed E-state index contributed by atoms with van der Waals surface area (Å²) in [5.41, 5.74) is 14.6. The van der Waals surface area contributed by atoms with Crippen LogP contribution in [0.1, 0.15) is 34.1 Å². The van der Waals surface area contributed by atoms with Gasteiger partial charge >= 0.3 is 7.48 Å². The van der Waals surface area contributed by atoms with Gasteiger partial charge in [0.05, 0.1) is 22.6 Å². The van der Waals surface area contributed by atoms with Gasteiger partial charge in [0.25, 0.3) is 0 Å². The smallest absolute Gasteiger partial charge is 0.330 e. The molecule has 0 amide bonds. The van der Waals surface area contributed by atoms with Crippen LogP contribution in [0.5, 0.6) is 0 Å². The Morgan fingerprint density at radius 3 is 1.30 bits per heavy atom. The zero-order valence-corrected chi connectivity index (χ0v) is 37.2. The topological polar surface area (TPSA) is 81.5 Å². The molecule has 11 aromatic rings. The van der Waals surface area contributed by atoms with E-state index in [-0.39, 0.29) is 0 Å². The van der Waals surface area contributed by atoms with Crippen molar-refractivity contribution in [1.29, 1.82) is 0 Å². The number of furan rings is 2.